The molecular formula is C15H13BrCl3N. The minimum absolute atomic E-state index is 0.128. The molecule has 0 bridgehead atoms. The third-order valence-electron chi connectivity index (χ3n) is 3.02. The van der Waals surface area contributed by atoms with E-state index in [2.05, 4.69) is 28.2 Å². The minimum atomic E-state index is 0.128. The van der Waals surface area contributed by atoms with Gasteiger partial charge in [-0.05, 0) is 42.3 Å². The average molecular weight is 394 g/mol. The molecule has 0 aliphatic heterocycles. The normalized spacial score (nSPS) is 12.2. The summed E-state index contributed by atoms with van der Waals surface area (Å²) >= 11 is 21.7. The van der Waals surface area contributed by atoms with Gasteiger partial charge >= 0.3 is 0 Å². The fourth-order valence-corrected chi connectivity index (χ4v) is 2.98. The highest BCUT2D eigenvalue weighted by Crippen LogP contribution is 2.32. The van der Waals surface area contributed by atoms with Gasteiger partial charge in [-0.3, -0.25) is 0 Å². The van der Waals surface area contributed by atoms with Gasteiger partial charge in [-0.15, -0.1) is 0 Å². The largest absolute Gasteiger partial charge is 0.377 e. The molecule has 0 heterocycles. The van der Waals surface area contributed by atoms with Gasteiger partial charge in [0.25, 0.3) is 0 Å². The zero-order valence-corrected chi connectivity index (χ0v) is 14.6. The minimum Gasteiger partial charge on any atom is -0.377 e. The first-order valence-electron chi connectivity index (χ1n) is 6.17. The fourth-order valence-electron chi connectivity index (χ4n) is 1.94. The lowest BCUT2D eigenvalue weighted by Gasteiger charge is -2.20. The van der Waals surface area contributed by atoms with Crippen LogP contribution in [0.3, 0.4) is 0 Å². The van der Waals surface area contributed by atoms with Crippen molar-refractivity contribution in [3.05, 3.63) is 61.5 Å². The predicted molar refractivity (Wildman–Crippen MR) is 92.3 cm³/mol. The number of benzene rings is 2. The summed E-state index contributed by atoms with van der Waals surface area (Å²) in [6.07, 6.45) is 0.907. The molecule has 0 aliphatic carbocycles. The molecule has 5 heteroatoms. The van der Waals surface area contributed by atoms with Crippen LogP contribution in [-0.2, 0) is 0 Å². The van der Waals surface area contributed by atoms with E-state index in [4.69, 9.17) is 34.8 Å². The maximum Gasteiger partial charge on any atom is 0.0648 e. The van der Waals surface area contributed by atoms with E-state index in [1.807, 2.05) is 36.4 Å². The molecule has 0 saturated heterocycles. The van der Waals surface area contributed by atoms with Crippen LogP contribution in [0.25, 0.3) is 0 Å². The first-order chi connectivity index (χ1) is 9.51. The van der Waals surface area contributed by atoms with Crippen LogP contribution in [-0.4, -0.2) is 0 Å². The van der Waals surface area contributed by atoms with Gasteiger partial charge in [-0.2, -0.15) is 0 Å². The van der Waals surface area contributed by atoms with E-state index in [1.54, 1.807) is 0 Å². The Morgan fingerprint density at radius 1 is 1.00 bits per heavy atom. The number of rotatable bonds is 4. The van der Waals surface area contributed by atoms with Crippen molar-refractivity contribution in [2.45, 2.75) is 19.4 Å². The summed E-state index contributed by atoms with van der Waals surface area (Å²) < 4.78 is 0.954. The molecule has 0 radical (unpaired) electrons. The summed E-state index contributed by atoms with van der Waals surface area (Å²) in [4.78, 5) is 0. The second-order valence-electron chi connectivity index (χ2n) is 4.40. The smallest absolute Gasteiger partial charge is 0.0648 e. The Morgan fingerprint density at radius 2 is 1.75 bits per heavy atom. The molecule has 1 N–H and O–H groups in total. The number of anilines is 1. The Balaban J connectivity index is 2.26. The van der Waals surface area contributed by atoms with E-state index in [0.717, 1.165) is 22.1 Å². The van der Waals surface area contributed by atoms with Gasteiger partial charge in [0.1, 0.15) is 0 Å². The monoisotopic (exact) mass is 391 g/mol. The highest BCUT2D eigenvalue weighted by molar-refractivity contribution is 9.10. The molecule has 2 aromatic carbocycles. The van der Waals surface area contributed by atoms with Crippen LogP contribution in [0.15, 0.2) is 40.9 Å². The van der Waals surface area contributed by atoms with E-state index >= 15 is 0 Å². The van der Waals surface area contributed by atoms with Crippen molar-refractivity contribution in [2.24, 2.45) is 0 Å². The van der Waals surface area contributed by atoms with Crippen molar-refractivity contribution >= 4 is 56.4 Å². The second-order valence-corrected chi connectivity index (χ2v) is 6.54. The number of hydrogen-bond donors (Lipinski definition) is 1. The Kier molecular flexibility index (Phi) is 5.62. The predicted octanol–water partition coefficient (Wildman–Crippen LogP) is 6.97. The molecule has 106 valence electrons. The lowest BCUT2D eigenvalue weighted by Crippen LogP contribution is -2.10. The topological polar surface area (TPSA) is 12.0 Å². The van der Waals surface area contributed by atoms with Crippen LogP contribution >= 0.6 is 50.7 Å². The zero-order valence-electron chi connectivity index (χ0n) is 10.8. The van der Waals surface area contributed by atoms with Crippen LogP contribution < -0.4 is 5.32 Å². The quantitative estimate of drug-likeness (QED) is 0.591. The SMILES string of the molecule is CCC(Nc1ccc(Br)cc1Cl)c1ccc(Cl)c(Cl)c1. The van der Waals surface area contributed by atoms with Gasteiger partial charge in [0, 0.05) is 4.47 Å². The van der Waals surface area contributed by atoms with Gasteiger partial charge in [-0.25, -0.2) is 0 Å². The zero-order chi connectivity index (χ0) is 14.7. The molecule has 0 amide bonds. The number of nitrogens with one attached hydrogen (secondary N) is 1. The summed E-state index contributed by atoms with van der Waals surface area (Å²) in [6, 6.07) is 11.6. The first-order valence-corrected chi connectivity index (χ1v) is 8.10. The Bertz CT molecular complexity index is 616. The Hall–Kier alpha value is -0.410. The average Bonchev–Trinajstić information content (AvgIpc) is 2.41. The second kappa shape index (κ2) is 7.04. The maximum atomic E-state index is 6.23. The van der Waals surface area contributed by atoms with Crippen LogP contribution in [0.5, 0.6) is 0 Å². The maximum absolute atomic E-state index is 6.23. The standard InChI is InChI=1S/C15H13BrCl3N/c1-2-14(9-3-5-11(17)12(18)7-9)20-15-6-4-10(16)8-13(15)19/h3-8,14,20H,2H2,1H3. The summed E-state index contributed by atoms with van der Waals surface area (Å²) in [7, 11) is 0. The lowest BCUT2D eigenvalue weighted by atomic mass is 10.0. The molecule has 20 heavy (non-hydrogen) atoms. The van der Waals surface area contributed by atoms with E-state index in [-0.39, 0.29) is 6.04 Å². The third-order valence-corrected chi connectivity index (χ3v) is 4.56. The molecule has 1 unspecified atom stereocenters. The number of hydrogen-bond acceptors (Lipinski definition) is 1. The van der Waals surface area contributed by atoms with Gasteiger partial charge in [0.15, 0.2) is 0 Å². The molecular weight excluding hydrogens is 380 g/mol. The Labute approximate surface area is 142 Å². The van der Waals surface area contributed by atoms with Gasteiger partial charge in [0.2, 0.25) is 0 Å². The third kappa shape index (κ3) is 3.82. The summed E-state index contributed by atoms with van der Waals surface area (Å²) in [5.41, 5.74) is 1.98. The first kappa shape index (κ1) is 16.0. The Morgan fingerprint density at radius 3 is 2.35 bits per heavy atom. The van der Waals surface area contributed by atoms with Gasteiger partial charge < -0.3 is 5.32 Å². The van der Waals surface area contributed by atoms with Crippen LogP contribution in [0.2, 0.25) is 15.1 Å². The van der Waals surface area contributed by atoms with Gasteiger partial charge in [0.05, 0.1) is 26.8 Å². The highest BCUT2D eigenvalue weighted by atomic mass is 79.9. The molecule has 2 aromatic rings. The van der Waals surface area contributed by atoms with Crippen molar-refractivity contribution in [1.29, 1.82) is 0 Å². The van der Waals surface area contributed by atoms with Crippen LogP contribution in [0.4, 0.5) is 5.69 Å². The molecule has 0 saturated carbocycles. The van der Waals surface area contributed by atoms with Crippen molar-refractivity contribution in [3.63, 3.8) is 0 Å². The molecule has 0 aromatic heterocycles. The number of halogens is 4. The molecule has 2 rings (SSSR count). The molecule has 1 nitrogen and oxygen atoms in total. The van der Waals surface area contributed by atoms with Crippen molar-refractivity contribution in [1.82, 2.24) is 0 Å². The highest BCUT2D eigenvalue weighted by Gasteiger charge is 2.12. The molecule has 0 spiro atoms. The summed E-state index contributed by atoms with van der Waals surface area (Å²) in [6.45, 7) is 2.10. The summed E-state index contributed by atoms with van der Waals surface area (Å²) in [5.74, 6) is 0. The van der Waals surface area contributed by atoms with E-state index in [1.165, 1.54) is 0 Å². The fraction of sp³-hybridized carbons (Fsp3) is 0.200. The van der Waals surface area contributed by atoms with Crippen molar-refractivity contribution in [2.75, 3.05) is 5.32 Å². The van der Waals surface area contributed by atoms with Gasteiger partial charge in [-0.1, -0.05) is 63.7 Å². The van der Waals surface area contributed by atoms with E-state index < -0.39 is 0 Å². The summed E-state index contributed by atoms with van der Waals surface area (Å²) in [5, 5.41) is 5.23. The molecule has 0 fully saturated rings. The van der Waals surface area contributed by atoms with E-state index in [0.29, 0.717) is 15.1 Å². The van der Waals surface area contributed by atoms with E-state index in [9.17, 15) is 0 Å². The molecule has 1 atom stereocenters. The van der Waals surface area contributed by atoms with Crippen LogP contribution in [0, 0.1) is 0 Å². The lowest BCUT2D eigenvalue weighted by molar-refractivity contribution is 0.749. The molecule has 0 aliphatic rings. The van der Waals surface area contributed by atoms with Crippen molar-refractivity contribution in [3.8, 4) is 0 Å². The van der Waals surface area contributed by atoms with Crippen molar-refractivity contribution < 1.29 is 0 Å². The van der Waals surface area contributed by atoms with Crippen LogP contribution in [0.1, 0.15) is 24.9 Å².